The smallest absolute Gasteiger partial charge is 0.244 e. The van der Waals surface area contributed by atoms with Gasteiger partial charge in [-0.05, 0) is 33.9 Å². The van der Waals surface area contributed by atoms with Crippen molar-refractivity contribution in [1.82, 2.24) is 5.32 Å². The number of carbonyl (C=O) groups excluding carboxylic acids is 1. The number of nitrogens with one attached hydrogen (secondary N) is 1. The number of hydrogen-bond donors (Lipinski definition) is 2. The van der Waals surface area contributed by atoms with E-state index in [2.05, 4.69) is 5.32 Å². The monoisotopic (exact) mass is 367 g/mol. The van der Waals surface area contributed by atoms with Crippen LogP contribution in [0.3, 0.4) is 0 Å². The summed E-state index contributed by atoms with van der Waals surface area (Å²) in [5.41, 5.74) is 3.00. The van der Waals surface area contributed by atoms with Crippen molar-refractivity contribution < 1.29 is 9.90 Å². The quantitative estimate of drug-likeness (QED) is 0.676. The zero-order valence-corrected chi connectivity index (χ0v) is 15.4. The Kier molecular flexibility index (Phi) is 4.92. The highest BCUT2D eigenvalue weighted by atomic mass is 16.3. The summed E-state index contributed by atoms with van der Waals surface area (Å²) in [6, 6.07) is 25.1. The lowest BCUT2D eigenvalue weighted by Crippen LogP contribution is -2.28. The van der Waals surface area contributed by atoms with E-state index in [1.54, 1.807) is 6.08 Å². The second kappa shape index (κ2) is 7.67. The molecule has 0 saturated carbocycles. The molecule has 3 heteroatoms. The maximum absolute atomic E-state index is 12.4. The highest BCUT2D eigenvalue weighted by molar-refractivity contribution is 5.88. The van der Waals surface area contributed by atoms with Gasteiger partial charge in [0.05, 0.1) is 0 Å². The molecule has 3 aromatic carbocycles. The first-order valence-corrected chi connectivity index (χ1v) is 9.27. The van der Waals surface area contributed by atoms with Crippen molar-refractivity contribution in [3.05, 3.63) is 119 Å². The van der Waals surface area contributed by atoms with Crippen molar-refractivity contribution in [3.8, 4) is 0 Å². The molecule has 0 atom stereocenters. The van der Waals surface area contributed by atoms with Crippen LogP contribution in [0.4, 0.5) is 0 Å². The molecule has 3 aromatic rings. The number of aliphatic hydroxyl groups is 1. The first-order chi connectivity index (χ1) is 13.7. The Morgan fingerprint density at radius 3 is 1.96 bits per heavy atom. The Bertz CT molecular complexity index is 1000. The molecule has 3 nitrogen and oxygen atoms in total. The zero-order valence-electron chi connectivity index (χ0n) is 15.4. The highest BCUT2D eigenvalue weighted by Crippen LogP contribution is 2.38. The number of fused-ring (bicyclic) bond motifs is 2. The molecule has 1 aliphatic carbocycles. The third-order valence-electron chi connectivity index (χ3n) is 4.97. The minimum Gasteiger partial charge on any atom is -0.377 e. The van der Waals surface area contributed by atoms with E-state index in [4.69, 9.17) is 0 Å². The second-order valence-corrected chi connectivity index (χ2v) is 6.81. The molecule has 0 aromatic heterocycles. The second-order valence-electron chi connectivity index (χ2n) is 6.81. The molecule has 2 N–H and O–H groups in total. The van der Waals surface area contributed by atoms with Gasteiger partial charge in [-0.3, -0.25) is 4.79 Å². The molecular formula is C25H21NO2. The largest absolute Gasteiger partial charge is 0.377 e. The van der Waals surface area contributed by atoms with Crippen LogP contribution in [0.5, 0.6) is 0 Å². The van der Waals surface area contributed by atoms with Crippen LogP contribution in [0.15, 0.2) is 91.0 Å². The van der Waals surface area contributed by atoms with Gasteiger partial charge < -0.3 is 10.4 Å². The van der Waals surface area contributed by atoms with E-state index < -0.39 is 5.60 Å². The lowest BCUT2D eigenvalue weighted by atomic mass is 9.83. The first-order valence-electron chi connectivity index (χ1n) is 9.27. The molecule has 0 saturated heterocycles. The maximum atomic E-state index is 12.4. The first kappa shape index (κ1) is 18.0. The Morgan fingerprint density at radius 1 is 0.821 bits per heavy atom. The summed E-state index contributed by atoms with van der Waals surface area (Å²) in [4.78, 5) is 12.4. The van der Waals surface area contributed by atoms with E-state index in [1.165, 1.54) is 6.08 Å². The summed E-state index contributed by atoms with van der Waals surface area (Å²) < 4.78 is 0. The van der Waals surface area contributed by atoms with E-state index in [-0.39, 0.29) is 5.91 Å². The van der Waals surface area contributed by atoms with E-state index in [1.807, 2.05) is 91.0 Å². The topological polar surface area (TPSA) is 49.3 Å². The average Bonchev–Trinajstić information content (AvgIpc) is 2.87. The van der Waals surface area contributed by atoms with Gasteiger partial charge in [0.2, 0.25) is 5.91 Å². The predicted molar refractivity (Wildman–Crippen MR) is 112 cm³/mol. The number of benzene rings is 3. The van der Waals surface area contributed by atoms with E-state index >= 15 is 0 Å². The maximum Gasteiger partial charge on any atom is 0.244 e. The fourth-order valence-electron chi connectivity index (χ4n) is 3.52. The number of rotatable bonds is 4. The van der Waals surface area contributed by atoms with Gasteiger partial charge in [0, 0.05) is 12.6 Å². The van der Waals surface area contributed by atoms with Crippen molar-refractivity contribution in [2.24, 2.45) is 0 Å². The van der Waals surface area contributed by atoms with Crippen LogP contribution < -0.4 is 5.32 Å². The molecule has 0 spiro atoms. The Morgan fingerprint density at radius 2 is 1.36 bits per heavy atom. The Balaban J connectivity index is 1.65. The molecule has 0 fully saturated rings. The van der Waals surface area contributed by atoms with Crippen LogP contribution in [0.25, 0.3) is 12.2 Å². The molecular weight excluding hydrogens is 346 g/mol. The van der Waals surface area contributed by atoms with Crippen molar-refractivity contribution >= 4 is 18.1 Å². The average molecular weight is 367 g/mol. The lowest BCUT2D eigenvalue weighted by Gasteiger charge is -2.27. The summed E-state index contributed by atoms with van der Waals surface area (Å²) in [6.45, 7) is 0.442. The predicted octanol–water partition coefficient (Wildman–Crippen LogP) is 4.28. The van der Waals surface area contributed by atoms with Gasteiger partial charge in [-0.25, -0.2) is 0 Å². The van der Waals surface area contributed by atoms with Crippen molar-refractivity contribution in [1.29, 1.82) is 0 Å². The van der Waals surface area contributed by atoms with Crippen LogP contribution in [0.2, 0.25) is 0 Å². The van der Waals surface area contributed by atoms with Crippen LogP contribution in [0, 0.1) is 0 Å². The van der Waals surface area contributed by atoms with Crippen LogP contribution in [0.1, 0.15) is 27.8 Å². The van der Waals surface area contributed by atoms with E-state index in [9.17, 15) is 9.90 Å². The van der Waals surface area contributed by atoms with Gasteiger partial charge in [-0.15, -0.1) is 0 Å². The van der Waals surface area contributed by atoms with Crippen LogP contribution in [-0.4, -0.2) is 11.0 Å². The summed E-state index contributed by atoms with van der Waals surface area (Å²) in [5, 5.41) is 14.5. The molecule has 0 unspecified atom stereocenters. The summed E-state index contributed by atoms with van der Waals surface area (Å²) in [5.74, 6) is -0.246. The number of carbonyl (C=O) groups is 1. The highest BCUT2D eigenvalue weighted by Gasteiger charge is 2.33. The van der Waals surface area contributed by atoms with Gasteiger partial charge >= 0.3 is 0 Å². The number of hydrogen-bond acceptors (Lipinski definition) is 2. The minimum atomic E-state index is -1.39. The summed E-state index contributed by atoms with van der Waals surface area (Å²) >= 11 is 0. The van der Waals surface area contributed by atoms with Gasteiger partial charge in [0.1, 0.15) is 5.60 Å². The molecule has 0 bridgehead atoms. The number of amides is 1. The summed E-state index contributed by atoms with van der Waals surface area (Å²) in [6.07, 6.45) is 6.99. The molecule has 138 valence electrons. The molecule has 1 aliphatic rings. The van der Waals surface area contributed by atoms with E-state index in [0.29, 0.717) is 6.54 Å². The standard InChI is InChI=1S/C25H21NO2/c27-24(26-18-19-8-2-1-3-9-19)16-17-25(28)22-12-6-4-10-20(22)14-15-21-11-5-7-13-23(21)25/h1-17,28H,18H2,(H,26,27)/b17-16-. The van der Waals surface area contributed by atoms with E-state index in [0.717, 1.165) is 27.8 Å². The summed E-state index contributed by atoms with van der Waals surface area (Å²) in [7, 11) is 0. The molecule has 28 heavy (non-hydrogen) atoms. The van der Waals surface area contributed by atoms with Gasteiger partial charge in [0.15, 0.2) is 0 Å². The van der Waals surface area contributed by atoms with Gasteiger partial charge in [0.25, 0.3) is 0 Å². The van der Waals surface area contributed by atoms with Crippen molar-refractivity contribution in [2.45, 2.75) is 12.1 Å². The van der Waals surface area contributed by atoms with Crippen molar-refractivity contribution in [2.75, 3.05) is 0 Å². The SMILES string of the molecule is O=C(/C=C\C1(O)c2ccccc2C=Cc2ccccc21)NCc1ccccc1. The minimum absolute atomic E-state index is 0.246. The van der Waals surface area contributed by atoms with Crippen LogP contribution >= 0.6 is 0 Å². The normalized spacial score (nSPS) is 14.2. The lowest BCUT2D eigenvalue weighted by molar-refractivity contribution is -0.116. The fraction of sp³-hybridized carbons (Fsp3) is 0.0800. The molecule has 0 aliphatic heterocycles. The zero-order chi connectivity index (χ0) is 19.4. The molecule has 4 rings (SSSR count). The Hall–Kier alpha value is -3.43. The fourth-order valence-corrected chi connectivity index (χ4v) is 3.52. The van der Waals surface area contributed by atoms with Gasteiger partial charge in [-0.1, -0.05) is 91.0 Å². The van der Waals surface area contributed by atoms with Gasteiger partial charge in [-0.2, -0.15) is 0 Å². The van der Waals surface area contributed by atoms with Crippen molar-refractivity contribution in [3.63, 3.8) is 0 Å². The molecule has 0 radical (unpaired) electrons. The third kappa shape index (κ3) is 3.53. The van der Waals surface area contributed by atoms with Crippen LogP contribution in [-0.2, 0) is 16.9 Å². The third-order valence-corrected chi connectivity index (χ3v) is 4.97. The Labute approximate surface area is 164 Å². The molecule has 1 amide bonds. The molecule has 0 heterocycles.